The second-order valence-corrected chi connectivity index (χ2v) is 5.20. The molecular formula is C15H20N2O3. The van der Waals surface area contributed by atoms with Crippen LogP contribution in [0, 0.1) is 5.92 Å². The SMILES string of the molecule is CCC(C(=O)O)(c1ccccc1)N1CC(CN)CC1=O. The standard InChI is InChI=1S/C15H20N2O3/c1-2-15(14(19)20,12-6-4-3-5-7-12)17-10-11(9-16)8-13(17)18/h3-7,11H,2,8-10,16H2,1H3,(H,19,20). The average molecular weight is 276 g/mol. The average Bonchev–Trinajstić information content (AvgIpc) is 2.83. The van der Waals surface area contributed by atoms with Gasteiger partial charge in [-0.15, -0.1) is 0 Å². The molecule has 108 valence electrons. The van der Waals surface area contributed by atoms with Gasteiger partial charge in [0, 0.05) is 13.0 Å². The number of rotatable bonds is 5. The van der Waals surface area contributed by atoms with Crippen molar-refractivity contribution in [3.8, 4) is 0 Å². The number of nitrogens with zero attached hydrogens (tertiary/aromatic N) is 1. The first-order valence-corrected chi connectivity index (χ1v) is 6.85. The molecule has 1 aliphatic rings. The van der Waals surface area contributed by atoms with Gasteiger partial charge in [-0.05, 0) is 24.4 Å². The maximum absolute atomic E-state index is 12.2. The predicted molar refractivity (Wildman–Crippen MR) is 74.9 cm³/mol. The summed E-state index contributed by atoms with van der Waals surface area (Å²) >= 11 is 0. The van der Waals surface area contributed by atoms with Gasteiger partial charge in [-0.1, -0.05) is 37.3 Å². The number of likely N-dealkylation sites (tertiary alicyclic amines) is 1. The van der Waals surface area contributed by atoms with Crippen molar-refractivity contribution in [3.63, 3.8) is 0 Å². The summed E-state index contributed by atoms with van der Waals surface area (Å²) in [4.78, 5) is 25.7. The van der Waals surface area contributed by atoms with E-state index in [0.717, 1.165) is 0 Å². The van der Waals surface area contributed by atoms with Crippen LogP contribution in [0.2, 0.25) is 0 Å². The van der Waals surface area contributed by atoms with Gasteiger partial charge in [-0.3, -0.25) is 4.79 Å². The van der Waals surface area contributed by atoms with Gasteiger partial charge in [-0.2, -0.15) is 0 Å². The van der Waals surface area contributed by atoms with E-state index in [0.29, 0.717) is 31.5 Å². The number of hydrogen-bond acceptors (Lipinski definition) is 3. The molecule has 0 spiro atoms. The molecule has 0 aliphatic carbocycles. The van der Waals surface area contributed by atoms with Crippen LogP contribution < -0.4 is 5.73 Å². The third-order valence-electron chi connectivity index (χ3n) is 4.12. The highest BCUT2D eigenvalue weighted by Crippen LogP contribution is 2.37. The first-order chi connectivity index (χ1) is 9.56. The molecule has 1 fully saturated rings. The highest BCUT2D eigenvalue weighted by atomic mass is 16.4. The summed E-state index contributed by atoms with van der Waals surface area (Å²) in [5, 5.41) is 9.79. The van der Waals surface area contributed by atoms with Crippen molar-refractivity contribution in [2.24, 2.45) is 11.7 Å². The normalized spacial score (nSPS) is 21.8. The summed E-state index contributed by atoms with van der Waals surface area (Å²) in [6.07, 6.45) is 0.660. The van der Waals surface area contributed by atoms with Crippen LogP contribution in [0.1, 0.15) is 25.3 Å². The van der Waals surface area contributed by atoms with E-state index < -0.39 is 11.5 Å². The summed E-state index contributed by atoms with van der Waals surface area (Å²) in [6, 6.07) is 8.95. The number of amides is 1. The number of carboxylic acid groups (broad SMARTS) is 1. The van der Waals surface area contributed by atoms with Gasteiger partial charge in [-0.25, -0.2) is 4.79 Å². The molecule has 1 aromatic carbocycles. The lowest BCUT2D eigenvalue weighted by atomic mass is 9.85. The molecule has 2 rings (SSSR count). The van der Waals surface area contributed by atoms with Crippen LogP contribution in [0.25, 0.3) is 0 Å². The van der Waals surface area contributed by atoms with Crippen molar-refractivity contribution >= 4 is 11.9 Å². The number of nitrogens with two attached hydrogens (primary N) is 1. The minimum absolute atomic E-state index is 0.0384. The molecule has 2 unspecified atom stereocenters. The molecule has 0 aromatic heterocycles. The van der Waals surface area contributed by atoms with Crippen molar-refractivity contribution < 1.29 is 14.7 Å². The van der Waals surface area contributed by atoms with E-state index in [1.807, 2.05) is 6.07 Å². The minimum Gasteiger partial charge on any atom is -0.479 e. The summed E-state index contributed by atoms with van der Waals surface area (Å²) in [6.45, 7) is 2.60. The number of aliphatic carboxylic acids is 1. The Kier molecular flexibility index (Phi) is 4.09. The molecule has 2 atom stereocenters. The molecule has 20 heavy (non-hydrogen) atoms. The number of carbonyl (C=O) groups excluding carboxylic acids is 1. The van der Waals surface area contributed by atoms with Gasteiger partial charge < -0.3 is 15.7 Å². The van der Waals surface area contributed by atoms with Gasteiger partial charge in [0.25, 0.3) is 0 Å². The Hall–Kier alpha value is -1.88. The molecule has 0 saturated carbocycles. The highest BCUT2D eigenvalue weighted by molar-refractivity contribution is 5.89. The smallest absolute Gasteiger partial charge is 0.334 e. The van der Waals surface area contributed by atoms with E-state index in [4.69, 9.17) is 5.73 Å². The fraction of sp³-hybridized carbons (Fsp3) is 0.467. The zero-order chi connectivity index (χ0) is 14.8. The minimum atomic E-state index is -1.29. The monoisotopic (exact) mass is 276 g/mol. The topological polar surface area (TPSA) is 83.6 Å². The summed E-state index contributed by atoms with van der Waals surface area (Å²) in [5.41, 5.74) is 4.98. The molecule has 1 aromatic rings. The molecular weight excluding hydrogens is 256 g/mol. The van der Waals surface area contributed by atoms with Crippen molar-refractivity contribution in [1.29, 1.82) is 0 Å². The van der Waals surface area contributed by atoms with Gasteiger partial charge >= 0.3 is 5.97 Å². The quantitative estimate of drug-likeness (QED) is 0.846. The van der Waals surface area contributed by atoms with Crippen LogP contribution in [0.15, 0.2) is 30.3 Å². The van der Waals surface area contributed by atoms with Gasteiger partial charge in [0.15, 0.2) is 5.54 Å². The fourth-order valence-electron chi connectivity index (χ4n) is 2.96. The number of carbonyl (C=O) groups is 2. The predicted octanol–water partition coefficient (Wildman–Crippen LogP) is 1.18. The lowest BCUT2D eigenvalue weighted by Crippen LogP contribution is -2.52. The summed E-state index contributed by atoms with van der Waals surface area (Å²) in [5.74, 6) is -1.08. The highest BCUT2D eigenvalue weighted by Gasteiger charge is 2.49. The third-order valence-corrected chi connectivity index (χ3v) is 4.12. The zero-order valence-corrected chi connectivity index (χ0v) is 11.6. The summed E-state index contributed by atoms with van der Waals surface area (Å²) in [7, 11) is 0. The second kappa shape index (κ2) is 5.63. The number of carboxylic acids is 1. The second-order valence-electron chi connectivity index (χ2n) is 5.20. The van der Waals surface area contributed by atoms with Crippen LogP contribution >= 0.6 is 0 Å². The van der Waals surface area contributed by atoms with Crippen LogP contribution in [0.5, 0.6) is 0 Å². The first kappa shape index (κ1) is 14.5. The van der Waals surface area contributed by atoms with Gasteiger partial charge in [0.05, 0.1) is 0 Å². The Morgan fingerprint density at radius 3 is 2.55 bits per heavy atom. The van der Waals surface area contributed by atoms with Crippen LogP contribution in [-0.2, 0) is 15.1 Å². The zero-order valence-electron chi connectivity index (χ0n) is 11.6. The third kappa shape index (κ3) is 2.18. The van der Waals surface area contributed by atoms with Crippen LogP contribution in [-0.4, -0.2) is 35.0 Å². The summed E-state index contributed by atoms with van der Waals surface area (Å²) < 4.78 is 0. The van der Waals surface area contributed by atoms with E-state index in [9.17, 15) is 14.7 Å². The maximum Gasteiger partial charge on any atom is 0.334 e. The Morgan fingerprint density at radius 2 is 2.10 bits per heavy atom. The first-order valence-electron chi connectivity index (χ1n) is 6.85. The molecule has 5 heteroatoms. The van der Waals surface area contributed by atoms with Crippen molar-refractivity contribution in [3.05, 3.63) is 35.9 Å². The molecule has 1 aliphatic heterocycles. The molecule has 0 bridgehead atoms. The van der Waals surface area contributed by atoms with E-state index >= 15 is 0 Å². The van der Waals surface area contributed by atoms with Gasteiger partial charge in [0.2, 0.25) is 5.91 Å². The van der Waals surface area contributed by atoms with Crippen molar-refractivity contribution in [2.45, 2.75) is 25.3 Å². The molecule has 1 amide bonds. The molecule has 1 heterocycles. The number of hydrogen-bond donors (Lipinski definition) is 2. The van der Waals surface area contributed by atoms with Crippen molar-refractivity contribution in [1.82, 2.24) is 4.90 Å². The Labute approximate surface area is 118 Å². The lowest BCUT2D eigenvalue weighted by Gasteiger charge is -2.38. The molecule has 0 radical (unpaired) electrons. The van der Waals surface area contributed by atoms with E-state index in [-0.39, 0.29) is 11.8 Å². The molecule has 1 saturated heterocycles. The lowest BCUT2D eigenvalue weighted by molar-refractivity contribution is -0.158. The molecule has 3 N–H and O–H groups in total. The van der Waals surface area contributed by atoms with E-state index in [2.05, 4.69) is 0 Å². The van der Waals surface area contributed by atoms with Gasteiger partial charge in [0.1, 0.15) is 0 Å². The number of benzene rings is 1. The Balaban J connectivity index is 2.48. The Morgan fingerprint density at radius 1 is 1.45 bits per heavy atom. The largest absolute Gasteiger partial charge is 0.479 e. The van der Waals surface area contributed by atoms with Crippen LogP contribution in [0.3, 0.4) is 0 Å². The maximum atomic E-state index is 12.2. The van der Waals surface area contributed by atoms with E-state index in [1.165, 1.54) is 4.90 Å². The Bertz CT molecular complexity index is 503. The van der Waals surface area contributed by atoms with E-state index in [1.54, 1.807) is 31.2 Å². The van der Waals surface area contributed by atoms with Crippen molar-refractivity contribution in [2.75, 3.05) is 13.1 Å². The fourth-order valence-corrected chi connectivity index (χ4v) is 2.96. The molecule has 5 nitrogen and oxygen atoms in total. The van der Waals surface area contributed by atoms with Crippen LogP contribution in [0.4, 0.5) is 0 Å².